The largest absolute Gasteiger partial charge is 0.298 e. The van der Waals surface area contributed by atoms with E-state index < -0.39 is 0 Å². The van der Waals surface area contributed by atoms with Crippen molar-refractivity contribution in [3.8, 4) is 0 Å². The fourth-order valence-corrected chi connectivity index (χ4v) is 3.16. The van der Waals surface area contributed by atoms with Crippen molar-refractivity contribution in [2.75, 3.05) is 0 Å². The lowest BCUT2D eigenvalue weighted by molar-refractivity contribution is -0.126. The van der Waals surface area contributed by atoms with Crippen LogP contribution in [0, 0.1) is 17.8 Å². The third-order valence-electron chi connectivity index (χ3n) is 2.86. The quantitative estimate of drug-likeness (QED) is 0.579. The Labute approximate surface area is 76.1 Å². The van der Waals surface area contributed by atoms with Gasteiger partial charge in [0.25, 0.3) is 0 Å². The Morgan fingerprint density at radius 1 is 1.33 bits per heavy atom. The lowest BCUT2D eigenvalue weighted by Crippen LogP contribution is -2.19. The summed E-state index contributed by atoms with van der Waals surface area (Å²) in [7, 11) is 0. The Hall–Kier alpha value is -0.310. The zero-order valence-electron chi connectivity index (χ0n) is 7.24. The Balaban J connectivity index is 2.10. The third-order valence-corrected chi connectivity index (χ3v) is 4.29. The van der Waals surface area contributed by atoms with Crippen LogP contribution in [0.1, 0.15) is 20.3 Å². The van der Waals surface area contributed by atoms with Gasteiger partial charge >= 0.3 is 0 Å². The third kappa shape index (κ3) is 1.11. The van der Waals surface area contributed by atoms with Crippen molar-refractivity contribution in [1.29, 1.82) is 0 Å². The first-order chi connectivity index (χ1) is 5.61. The van der Waals surface area contributed by atoms with Gasteiger partial charge in [0.05, 0.1) is 11.2 Å². The molecule has 0 spiro atoms. The number of rotatable bonds is 1. The normalized spacial score (nSPS) is 46.8. The smallest absolute Gasteiger partial charge is 0.199 e. The number of ketones is 1. The first kappa shape index (κ1) is 8.30. The molecule has 0 N–H and O–H groups in total. The SMILES string of the molecule is CC1C(=O)SC(C2CC2C)C1=O. The van der Waals surface area contributed by atoms with Crippen molar-refractivity contribution in [2.24, 2.45) is 17.8 Å². The molecule has 0 amide bonds. The van der Waals surface area contributed by atoms with E-state index >= 15 is 0 Å². The fraction of sp³-hybridized carbons (Fsp3) is 0.778. The molecule has 1 saturated heterocycles. The Bertz CT molecular complexity index is 249. The molecule has 0 bridgehead atoms. The zero-order valence-corrected chi connectivity index (χ0v) is 8.06. The minimum Gasteiger partial charge on any atom is -0.298 e. The summed E-state index contributed by atoms with van der Waals surface area (Å²) < 4.78 is 0. The number of carbonyl (C=O) groups excluding carboxylic acids is 2. The van der Waals surface area contributed by atoms with E-state index in [1.807, 2.05) is 0 Å². The first-order valence-corrected chi connectivity index (χ1v) is 5.23. The van der Waals surface area contributed by atoms with E-state index in [0.29, 0.717) is 11.8 Å². The maximum atomic E-state index is 11.5. The molecular weight excluding hydrogens is 172 g/mol. The number of hydrogen-bond donors (Lipinski definition) is 0. The Morgan fingerprint density at radius 2 is 1.92 bits per heavy atom. The van der Waals surface area contributed by atoms with Crippen molar-refractivity contribution in [2.45, 2.75) is 25.5 Å². The first-order valence-electron chi connectivity index (χ1n) is 4.35. The second kappa shape index (κ2) is 2.59. The summed E-state index contributed by atoms with van der Waals surface area (Å²) in [4.78, 5) is 22.7. The number of Topliss-reactive ketones (excluding diaryl/α,β-unsaturated/α-hetero) is 1. The molecular formula is C9H12O2S. The topological polar surface area (TPSA) is 34.1 Å². The van der Waals surface area contributed by atoms with E-state index in [4.69, 9.17) is 0 Å². The molecule has 0 aromatic heterocycles. The average Bonchev–Trinajstić information content (AvgIpc) is 2.69. The molecule has 12 heavy (non-hydrogen) atoms. The van der Waals surface area contributed by atoms with E-state index in [-0.39, 0.29) is 22.1 Å². The van der Waals surface area contributed by atoms with Crippen LogP contribution in [0.25, 0.3) is 0 Å². The predicted molar refractivity (Wildman–Crippen MR) is 47.8 cm³/mol. The van der Waals surface area contributed by atoms with E-state index in [0.717, 1.165) is 6.42 Å². The Morgan fingerprint density at radius 3 is 2.25 bits per heavy atom. The minimum absolute atomic E-state index is 0.00231. The Kier molecular flexibility index (Phi) is 1.79. The standard InChI is InChI=1S/C9H12O2S/c1-4-3-6(4)8-7(10)5(2)9(11)12-8/h4-6,8H,3H2,1-2H3. The maximum Gasteiger partial charge on any atom is 0.199 e. The van der Waals surface area contributed by atoms with Crippen LogP contribution in [0.2, 0.25) is 0 Å². The van der Waals surface area contributed by atoms with Gasteiger partial charge in [0.15, 0.2) is 10.9 Å². The monoisotopic (exact) mass is 184 g/mol. The van der Waals surface area contributed by atoms with Crippen LogP contribution >= 0.6 is 11.8 Å². The summed E-state index contributed by atoms with van der Waals surface area (Å²) in [6, 6.07) is 0. The zero-order chi connectivity index (χ0) is 8.88. The van der Waals surface area contributed by atoms with Gasteiger partial charge in [-0.15, -0.1) is 0 Å². The highest BCUT2D eigenvalue weighted by Gasteiger charge is 2.50. The number of carbonyl (C=O) groups is 2. The van der Waals surface area contributed by atoms with Gasteiger partial charge in [-0.3, -0.25) is 9.59 Å². The highest BCUT2D eigenvalue weighted by Crippen LogP contribution is 2.49. The summed E-state index contributed by atoms with van der Waals surface area (Å²) in [6.07, 6.45) is 1.13. The van der Waals surface area contributed by atoms with Gasteiger partial charge in [0.2, 0.25) is 0 Å². The van der Waals surface area contributed by atoms with Gasteiger partial charge in [-0.2, -0.15) is 0 Å². The lowest BCUT2D eigenvalue weighted by atomic mass is 10.0. The van der Waals surface area contributed by atoms with Crippen molar-refractivity contribution < 1.29 is 9.59 Å². The molecule has 2 nitrogen and oxygen atoms in total. The highest BCUT2D eigenvalue weighted by atomic mass is 32.2. The summed E-state index contributed by atoms with van der Waals surface area (Å²) in [5.74, 6) is 0.980. The summed E-state index contributed by atoms with van der Waals surface area (Å²) >= 11 is 1.27. The van der Waals surface area contributed by atoms with Gasteiger partial charge in [0, 0.05) is 0 Å². The molecule has 1 aliphatic carbocycles. The van der Waals surface area contributed by atoms with Gasteiger partial charge in [-0.1, -0.05) is 18.7 Å². The summed E-state index contributed by atoms with van der Waals surface area (Å²) in [6.45, 7) is 3.87. The lowest BCUT2D eigenvalue weighted by Gasteiger charge is -2.02. The van der Waals surface area contributed by atoms with Crippen molar-refractivity contribution in [3.05, 3.63) is 0 Å². The van der Waals surface area contributed by atoms with Crippen LogP contribution in [0.5, 0.6) is 0 Å². The van der Waals surface area contributed by atoms with Crippen LogP contribution < -0.4 is 0 Å². The number of thioether (sulfide) groups is 1. The molecule has 2 fully saturated rings. The molecule has 66 valence electrons. The van der Waals surface area contributed by atoms with Crippen LogP contribution in [0.3, 0.4) is 0 Å². The molecule has 0 aromatic rings. The van der Waals surface area contributed by atoms with Crippen LogP contribution in [0.4, 0.5) is 0 Å². The molecule has 3 heteroatoms. The van der Waals surface area contributed by atoms with Crippen LogP contribution in [0.15, 0.2) is 0 Å². The number of hydrogen-bond acceptors (Lipinski definition) is 3. The van der Waals surface area contributed by atoms with E-state index in [1.54, 1.807) is 6.92 Å². The molecule has 4 unspecified atom stereocenters. The maximum absolute atomic E-state index is 11.5. The molecule has 4 atom stereocenters. The minimum atomic E-state index is -0.340. The van der Waals surface area contributed by atoms with E-state index in [9.17, 15) is 9.59 Å². The average molecular weight is 184 g/mol. The molecule has 2 aliphatic rings. The molecule has 0 radical (unpaired) electrons. The van der Waals surface area contributed by atoms with Crippen molar-refractivity contribution in [3.63, 3.8) is 0 Å². The molecule has 1 saturated carbocycles. The van der Waals surface area contributed by atoms with Gasteiger partial charge in [-0.05, 0) is 25.2 Å². The van der Waals surface area contributed by atoms with Gasteiger partial charge in [0.1, 0.15) is 0 Å². The van der Waals surface area contributed by atoms with Crippen molar-refractivity contribution in [1.82, 2.24) is 0 Å². The fourth-order valence-electron chi connectivity index (χ4n) is 1.72. The van der Waals surface area contributed by atoms with Crippen LogP contribution in [-0.4, -0.2) is 16.1 Å². The van der Waals surface area contributed by atoms with Crippen molar-refractivity contribution >= 4 is 22.7 Å². The molecule has 0 aromatic carbocycles. The molecule has 2 rings (SSSR count). The highest BCUT2D eigenvalue weighted by molar-refractivity contribution is 8.15. The van der Waals surface area contributed by atoms with E-state index in [2.05, 4.69) is 6.92 Å². The second-order valence-corrected chi connectivity index (χ2v) is 5.00. The molecule has 1 aliphatic heterocycles. The molecule has 1 heterocycles. The summed E-state index contributed by atoms with van der Waals surface area (Å²) in [5.41, 5.74) is 0. The van der Waals surface area contributed by atoms with Gasteiger partial charge < -0.3 is 0 Å². The van der Waals surface area contributed by atoms with Crippen LogP contribution in [-0.2, 0) is 9.59 Å². The summed E-state index contributed by atoms with van der Waals surface area (Å²) in [5, 5.41) is 0.0756. The second-order valence-electron chi connectivity index (χ2n) is 3.86. The van der Waals surface area contributed by atoms with Gasteiger partial charge in [-0.25, -0.2) is 0 Å². The predicted octanol–water partition coefficient (Wildman–Crippen LogP) is 1.49. The van der Waals surface area contributed by atoms with E-state index in [1.165, 1.54) is 11.8 Å².